The zero-order valence-electron chi connectivity index (χ0n) is 11.7. The van der Waals surface area contributed by atoms with Crippen LogP contribution in [0.2, 0.25) is 5.02 Å². The molecule has 106 valence electrons. The van der Waals surface area contributed by atoms with Crippen LogP contribution < -0.4 is 11.1 Å². The van der Waals surface area contributed by atoms with E-state index < -0.39 is 0 Å². The lowest BCUT2D eigenvalue weighted by Gasteiger charge is -2.10. The molecule has 1 heterocycles. The smallest absolute Gasteiger partial charge is 0.276 e. The molecule has 0 aliphatic heterocycles. The second-order valence-electron chi connectivity index (χ2n) is 4.58. The number of hydrogen-bond acceptors (Lipinski definition) is 3. The molecule has 0 spiro atoms. The number of carbonyl (C=O) groups excluding carboxylic acids is 1. The summed E-state index contributed by atoms with van der Waals surface area (Å²) in [4.78, 5) is 12.4. The van der Waals surface area contributed by atoms with E-state index in [2.05, 4.69) is 10.4 Å². The number of carbonyl (C=O) groups is 1. The molecule has 2 rings (SSSR count). The summed E-state index contributed by atoms with van der Waals surface area (Å²) in [6, 6.07) is 5.34. The molecule has 5 nitrogen and oxygen atoms in total. The number of nitrogens with zero attached hydrogens (tertiary/aromatic N) is 2. The zero-order valence-corrected chi connectivity index (χ0v) is 12.5. The fourth-order valence-electron chi connectivity index (χ4n) is 1.97. The lowest BCUT2D eigenvalue weighted by molar-refractivity contribution is 0.101. The lowest BCUT2D eigenvalue weighted by Crippen LogP contribution is -2.19. The molecule has 0 saturated carbocycles. The van der Waals surface area contributed by atoms with Gasteiger partial charge in [0, 0.05) is 17.3 Å². The normalized spacial score (nSPS) is 10.6. The predicted octanol–water partition coefficient (Wildman–Crippen LogP) is 3.01. The van der Waals surface area contributed by atoms with Crippen LogP contribution in [0.5, 0.6) is 0 Å². The third kappa shape index (κ3) is 2.63. The third-order valence-electron chi connectivity index (χ3n) is 3.14. The lowest BCUT2D eigenvalue weighted by atomic mass is 10.2. The van der Waals surface area contributed by atoms with Crippen molar-refractivity contribution < 1.29 is 4.79 Å². The van der Waals surface area contributed by atoms with Gasteiger partial charge in [0.05, 0.1) is 11.4 Å². The van der Waals surface area contributed by atoms with Gasteiger partial charge in [0.15, 0.2) is 0 Å². The second kappa shape index (κ2) is 5.54. The first-order valence-electron chi connectivity index (χ1n) is 6.34. The average Bonchev–Trinajstić information content (AvgIpc) is 2.69. The highest BCUT2D eigenvalue weighted by atomic mass is 35.5. The van der Waals surface area contributed by atoms with Crippen LogP contribution in [-0.4, -0.2) is 15.7 Å². The molecule has 0 atom stereocenters. The maximum absolute atomic E-state index is 12.4. The van der Waals surface area contributed by atoms with E-state index in [1.54, 1.807) is 23.7 Å². The second-order valence-corrected chi connectivity index (χ2v) is 5.01. The Hall–Kier alpha value is -2.01. The topological polar surface area (TPSA) is 72.9 Å². The van der Waals surface area contributed by atoms with Crippen LogP contribution in [0, 0.1) is 13.8 Å². The zero-order chi connectivity index (χ0) is 14.9. The number of amides is 1. The maximum Gasteiger partial charge on any atom is 0.276 e. The molecule has 0 radical (unpaired) electrons. The Morgan fingerprint density at radius 1 is 1.45 bits per heavy atom. The number of anilines is 2. The van der Waals surface area contributed by atoms with Crippen LogP contribution in [0.4, 0.5) is 11.4 Å². The minimum atomic E-state index is -0.282. The van der Waals surface area contributed by atoms with Crippen LogP contribution in [0.25, 0.3) is 0 Å². The van der Waals surface area contributed by atoms with Crippen molar-refractivity contribution in [3.8, 4) is 0 Å². The summed E-state index contributed by atoms with van der Waals surface area (Å²) in [5.41, 5.74) is 8.97. The predicted molar refractivity (Wildman–Crippen MR) is 81.2 cm³/mol. The van der Waals surface area contributed by atoms with Gasteiger partial charge in [-0.3, -0.25) is 9.48 Å². The maximum atomic E-state index is 12.4. The van der Waals surface area contributed by atoms with Crippen molar-refractivity contribution in [2.24, 2.45) is 0 Å². The number of benzene rings is 1. The largest absolute Gasteiger partial charge is 0.395 e. The summed E-state index contributed by atoms with van der Waals surface area (Å²) >= 11 is 5.95. The fourth-order valence-corrected chi connectivity index (χ4v) is 2.15. The van der Waals surface area contributed by atoms with E-state index in [9.17, 15) is 4.79 Å². The van der Waals surface area contributed by atoms with Crippen molar-refractivity contribution in [2.75, 3.05) is 11.1 Å². The first-order chi connectivity index (χ1) is 9.43. The molecule has 0 bridgehead atoms. The molecule has 2 aromatic rings. The summed E-state index contributed by atoms with van der Waals surface area (Å²) in [6.45, 7) is 6.17. The molecular formula is C14H17ClN4O. The molecule has 0 saturated heterocycles. The number of hydrogen-bond donors (Lipinski definition) is 2. The van der Waals surface area contributed by atoms with Crippen LogP contribution in [-0.2, 0) is 6.54 Å². The fraction of sp³-hybridized carbons (Fsp3) is 0.286. The van der Waals surface area contributed by atoms with E-state index in [1.165, 1.54) is 0 Å². The van der Waals surface area contributed by atoms with Gasteiger partial charge < -0.3 is 11.1 Å². The van der Waals surface area contributed by atoms with Crippen molar-refractivity contribution in [2.45, 2.75) is 27.3 Å². The van der Waals surface area contributed by atoms with Gasteiger partial charge in [-0.05, 0) is 38.5 Å². The van der Waals surface area contributed by atoms with Crippen LogP contribution in [0.3, 0.4) is 0 Å². The van der Waals surface area contributed by atoms with E-state index >= 15 is 0 Å². The van der Waals surface area contributed by atoms with Gasteiger partial charge in [0.25, 0.3) is 5.91 Å². The van der Waals surface area contributed by atoms with Gasteiger partial charge >= 0.3 is 0 Å². The Morgan fingerprint density at radius 3 is 2.80 bits per heavy atom. The number of nitrogen functional groups attached to an aromatic ring is 1. The van der Waals surface area contributed by atoms with Gasteiger partial charge in [-0.2, -0.15) is 5.10 Å². The van der Waals surface area contributed by atoms with Gasteiger partial charge in [0.2, 0.25) is 0 Å². The van der Waals surface area contributed by atoms with Gasteiger partial charge in [-0.1, -0.05) is 17.7 Å². The molecule has 6 heteroatoms. The summed E-state index contributed by atoms with van der Waals surface area (Å²) < 4.78 is 1.60. The molecule has 0 aliphatic carbocycles. The standard InChI is InChI=1S/C14H17ClN4O/c1-4-19-13(12(16)9(3)18-19)14(20)17-11-7-10(15)6-5-8(11)2/h5-7H,4,16H2,1-3H3,(H,17,20). The number of nitrogens with two attached hydrogens (primary N) is 1. The van der Waals surface area contributed by atoms with E-state index in [4.69, 9.17) is 17.3 Å². The van der Waals surface area contributed by atoms with Crippen LogP contribution in [0.1, 0.15) is 28.7 Å². The minimum absolute atomic E-state index is 0.282. The van der Waals surface area contributed by atoms with E-state index in [0.717, 1.165) is 5.56 Å². The summed E-state index contributed by atoms with van der Waals surface area (Å²) in [7, 11) is 0. The average molecular weight is 293 g/mol. The Labute approximate surface area is 122 Å². The molecule has 0 aliphatic rings. The third-order valence-corrected chi connectivity index (χ3v) is 3.37. The number of aromatic nitrogens is 2. The molecule has 20 heavy (non-hydrogen) atoms. The van der Waals surface area contributed by atoms with Gasteiger partial charge in [-0.25, -0.2) is 0 Å². The molecule has 1 amide bonds. The molecule has 0 unspecified atom stereocenters. The van der Waals surface area contributed by atoms with Crippen molar-refractivity contribution >= 4 is 28.9 Å². The first-order valence-corrected chi connectivity index (χ1v) is 6.72. The molecule has 0 fully saturated rings. The Kier molecular flexibility index (Phi) is 3.99. The number of nitrogens with one attached hydrogen (secondary N) is 1. The highest BCUT2D eigenvalue weighted by Crippen LogP contribution is 2.23. The highest BCUT2D eigenvalue weighted by Gasteiger charge is 2.19. The van der Waals surface area contributed by atoms with E-state index in [0.29, 0.717) is 34.3 Å². The van der Waals surface area contributed by atoms with Gasteiger partial charge in [0.1, 0.15) is 5.69 Å². The van der Waals surface area contributed by atoms with Crippen LogP contribution in [0.15, 0.2) is 18.2 Å². The Bertz CT molecular complexity index is 663. The number of halogens is 1. The summed E-state index contributed by atoms with van der Waals surface area (Å²) in [6.07, 6.45) is 0. The van der Waals surface area contributed by atoms with E-state index in [1.807, 2.05) is 19.9 Å². The summed E-state index contributed by atoms with van der Waals surface area (Å²) in [5.74, 6) is -0.282. The van der Waals surface area contributed by atoms with Crippen molar-refractivity contribution in [3.05, 3.63) is 40.2 Å². The molecule has 3 N–H and O–H groups in total. The minimum Gasteiger partial charge on any atom is -0.395 e. The molecular weight excluding hydrogens is 276 g/mol. The van der Waals surface area contributed by atoms with Crippen molar-refractivity contribution in [1.82, 2.24) is 9.78 Å². The molecule has 1 aromatic carbocycles. The quantitative estimate of drug-likeness (QED) is 0.913. The number of aryl methyl sites for hydroxylation is 3. The van der Waals surface area contributed by atoms with Crippen LogP contribution >= 0.6 is 11.6 Å². The van der Waals surface area contributed by atoms with Crippen molar-refractivity contribution in [3.63, 3.8) is 0 Å². The van der Waals surface area contributed by atoms with Crippen molar-refractivity contribution in [1.29, 1.82) is 0 Å². The summed E-state index contributed by atoms with van der Waals surface area (Å²) in [5, 5.41) is 7.64. The van der Waals surface area contributed by atoms with Gasteiger partial charge in [-0.15, -0.1) is 0 Å². The van der Waals surface area contributed by atoms with E-state index in [-0.39, 0.29) is 5.91 Å². The SMILES string of the molecule is CCn1nc(C)c(N)c1C(=O)Nc1cc(Cl)ccc1C. The Balaban J connectivity index is 2.35. The Morgan fingerprint density at radius 2 is 2.15 bits per heavy atom. The molecule has 1 aromatic heterocycles. The number of rotatable bonds is 3. The monoisotopic (exact) mass is 292 g/mol. The highest BCUT2D eigenvalue weighted by molar-refractivity contribution is 6.31. The first kappa shape index (κ1) is 14.4.